The van der Waals surface area contributed by atoms with Crippen LogP contribution in [-0.4, -0.2) is 37.1 Å². The summed E-state index contributed by atoms with van der Waals surface area (Å²) in [5.74, 6) is 1.13. The summed E-state index contributed by atoms with van der Waals surface area (Å²) in [6, 6.07) is 18.4. The zero-order valence-corrected chi connectivity index (χ0v) is 17.2. The number of morpholine rings is 1. The number of hydrogen-bond donors (Lipinski definition) is 1. The van der Waals surface area contributed by atoms with E-state index in [1.165, 1.54) is 0 Å². The van der Waals surface area contributed by atoms with E-state index in [0.29, 0.717) is 16.5 Å². The van der Waals surface area contributed by atoms with Gasteiger partial charge in [-0.1, -0.05) is 29.8 Å². The molecule has 1 aliphatic heterocycles. The van der Waals surface area contributed by atoms with Crippen LogP contribution in [0.2, 0.25) is 5.02 Å². The molecule has 2 aromatic carbocycles. The molecule has 1 amide bonds. The van der Waals surface area contributed by atoms with Gasteiger partial charge in [0, 0.05) is 30.3 Å². The van der Waals surface area contributed by atoms with Crippen molar-refractivity contribution in [3.63, 3.8) is 0 Å². The van der Waals surface area contributed by atoms with Crippen molar-refractivity contribution in [1.29, 1.82) is 0 Å². The molecule has 1 aliphatic rings. The highest BCUT2D eigenvalue weighted by Crippen LogP contribution is 2.20. The summed E-state index contributed by atoms with van der Waals surface area (Å²) in [5, 5.41) is 3.50. The largest absolute Gasteiger partial charge is 0.486 e. The first kappa shape index (κ1) is 20.5. The van der Waals surface area contributed by atoms with E-state index < -0.39 is 0 Å². The molecule has 0 spiro atoms. The number of hydrogen-bond acceptors (Lipinski definition) is 5. The number of anilines is 1. The molecule has 156 valence electrons. The Morgan fingerprint density at radius 1 is 1.07 bits per heavy atom. The lowest BCUT2D eigenvalue weighted by Gasteiger charge is -2.26. The third-order valence-electron chi connectivity index (χ3n) is 4.76. The van der Waals surface area contributed by atoms with E-state index in [-0.39, 0.29) is 18.3 Å². The van der Waals surface area contributed by atoms with Gasteiger partial charge in [-0.25, -0.2) is 0 Å². The van der Waals surface area contributed by atoms with Crippen LogP contribution in [0.4, 0.5) is 5.69 Å². The normalized spacial score (nSPS) is 14.4. The first-order chi connectivity index (χ1) is 14.7. The van der Waals surface area contributed by atoms with Crippen LogP contribution in [-0.2, 0) is 17.9 Å². The van der Waals surface area contributed by atoms with Gasteiger partial charge in [-0.2, -0.15) is 0 Å². The second kappa shape index (κ2) is 9.80. The van der Waals surface area contributed by atoms with E-state index in [9.17, 15) is 4.79 Å². The first-order valence-electron chi connectivity index (χ1n) is 9.83. The van der Waals surface area contributed by atoms with E-state index in [2.05, 4.69) is 16.3 Å². The van der Waals surface area contributed by atoms with Gasteiger partial charge in [-0.05, 0) is 48.0 Å². The highest BCUT2D eigenvalue weighted by molar-refractivity contribution is 6.30. The first-order valence-corrected chi connectivity index (χ1v) is 10.2. The number of halogens is 1. The second-order valence-corrected chi connectivity index (χ2v) is 7.49. The molecule has 0 bridgehead atoms. The Labute approximate surface area is 180 Å². The molecule has 3 aromatic rings. The molecule has 1 N–H and O–H groups in total. The Morgan fingerprint density at radius 2 is 1.90 bits per heavy atom. The number of rotatable bonds is 7. The van der Waals surface area contributed by atoms with E-state index >= 15 is 0 Å². The fourth-order valence-electron chi connectivity index (χ4n) is 3.25. The molecule has 1 aromatic heterocycles. The SMILES string of the molecule is O=C(Nc1cccc(CN2CCOCC2)c1)c1ccc(COc2cccc(Cl)c2)o1. The second-order valence-electron chi connectivity index (χ2n) is 7.06. The molecule has 1 fully saturated rings. The predicted molar refractivity (Wildman–Crippen MR) is 115 cm³/mol. The van der Waals surface area contributed by atoms with Gasteiger partial charge in [0.05, 0.1) is 13.2 Å². The minimum absolute atomic E-state index is 0.211. The van der Waals surface area contributed by atoms with Crippen molar-refractivity contribution < 1.29 is 18.7 Å². The van der Waals surface area contributed by atoms with Crippen LogP contribution in [0, 0.1) is 0 Å². The maximum absolute atomic E-state index is 12.6. The summed E-state index contributed by atoms with van der Waals surface area (Å²) >= 11 is 5.95. The van der Waals surface area contributed by atoms with Crippen LogP contribution >= 0.6 is 11.6 Å². The predicted octanol–water partition coefficient (Wildman–Crippen LogP) is 4.60. The molecule has 6 nitrogen and oxygen atoms in total. The molecule has 7 heteroatoms. The van der Waals surface area contributed by atoms with Gasteiger partial charge in [0.25, 0.3) is 5.91 Å². The van der Waals surface area contributed by atoms with Crippen LogP contribution in [0.5, 0.6) is 5.75 Å². The minimum atomic E-state index is -0.299. The maximum Gasteiger partial charge on any atom is 0.291 e. The lowest BCUT2D eigenvalue weighted by molar-refractivity contribution is 0.0342. The average molecular weight is 427 g/mol. The average Bonchev–Trinajstić information content (AvgIpc) is 3.23. The number of furan rings is 1. The summed E-state index contributed by atoms with van der Waals surface area (Å²) in [6.07, 6.45) is 0. The Hall–Kier alpha value is -2.80. The molecule has 30 heavy (non-hydrogen) atoms. The van der Waals surface area contributed by atoms with Gasteiger partial charge in [0.15, 0.2) is 5.76 Å². The fourth-order valence-corrected chi connectivity index (χ4v) is 3.43. The third-order valence-corrected chi connectivity index (χ3v) is 4.99. The van der Waals surface area contributed by atoms with E-state index in [4.69, 9.17) is 25.5 Å². The molecule has 0 aliphatic carbocycles. The van der Waals surface area contributed by atoms with Gasteiger partial charge >= 0.3 is 0 Å². The third kappa shape index (κ3) is 5.63. The molecule has 0 atom stereocenters. The number of carbonyl (C=O) groups is 1. The highest BCUT2D eigenvalue weighted by atomic mass is 35.5. The molecule has 0 radical (unpaired) electrons. The number of ether oxygens (including phenoxy) is 2. The topological polar surface area (TPSA) is 63.9 Å². The van der Waals surface area contributed by atoms with Gasteiger partial charge in [-0.3, -0.25) is 9.69 Å². The Bertz CT molecular complexity index is 998. The Morgan fingerprint density at radius 3 is 2.73 bits per heavy atom. The smallest absolute Gasteiger partial charge is 0.291 e. The molecule has 0 saturated carbocycles. The van der Waals surface area contributed by atoms with Crippen molar-refractivity contribution in [2.45, 2.75) is 13.2 Å². The highest BCUT2D eigenvalue weighted by Gasteiger charge is 2.14. The quantitative estimate of drug-likeness (QED) is 0.598. The number of nitrogens with one attached hydrogen (secondary N) is 1. The van der Waals surface area contributed by atoms with Crippen LogP contribution in [0.25, 0.3) is 0 Å². The summed E-state index contributed by atoms with van der Waals surface area (Å²) in [7, 11) is 0. The molecular formula is C23H23ClN2O4. The maximum atomic E-state index is 12.6. The van der Waals surface area contributed by atoms with Gasteiger partial charge in [-0.15, -0.1) is 0 Å². The summed E-state index contributed by atoms with van der Waals surface area (Å²) < 4.78 is 16.7. The zero-order valence-electron chi connectivity index (χ0n) is 16.5. The molecule has 2 heterocycles. The van der Waals surface area contributed by atoms with E-state index in [0.717, 1.165) is 44.1 Å². The van der Waals surface area contributed by atoms with Crippen molar-refractivity contribution in [3.05, 3.63) is 82.8 Å². The minimum Gasteiger partial charge on any atom is -0.486 e. The summed E-state index contributed by atoms with van der Waals surface area (Å²) in [4.78, 5) is 14.9. The van der Waals surface area contributed by atoms with E-state index in [1.807, 2.05) is 30.3 Å². The Kier molecular flexibility index (Phi) is 6.69. The van der Waals surface area contributed by atoms with Crippen molar-refractivity contribution in [2.24, 2.45) is 0 Å². The molecular weight excluding hydrogens is 404 g/mol. The van der Waals surface area contributed by atoms with Gasteiger partial charge in [0.1, 0.15) is 18.1 Å². The van der Waals surface area contributed by atoms with Gasteiger partial charge in [0.2, 0.25) is 0 Å². The summed E-state index contributed by atoms with van der Waals surface area (Å²) in [6.45, 7) is 4.41. The Balaban J connectivity index is 1.33. The number of amides is 1. The van der Waals surface area contributed by atoms with E-state index in [1.54, 1.807) is 24.3 Å². The number of nitrogens with zero attached hydrogens (tertiary/aromatic N) is 1. The van der Waals surface area contributed by atoms with Gasteiger partial charge < -0.3 is 19.2 Å². The molecule has 0 unspecified atom stereocenters. The summed E-state index contributed by atoms with van der Waals surface area (Å²) in [5.41, 5.74) is 1.88. The van der Waals surface area contributed by atoms with Crippen LogP contribution in [0.15, 0.2) is 65.1 Å². The van der Waals surface area contributed by atoms with Crippen LogP contribution in [0.3, 0.4) is 0 Å². The standard InChI is InChI=1S/C23H23ClN2O4/c24-18-4-2-6-20(14-18)29-16-21-7-8-22(30-21)23(27)25-19-5-1-3-17(13-19)15-26-9-11-28-12-10-26/h1-8,13-14H,9-12,15-16H2,(H,25,27). The van der Waals surface area contributed by atoms with Crippen molar-refractivity contribution in [2.75, 3.05) is 31.6 Å². The van der Waals surface area contributed by atoms with Crippen LogP contribution < -0.4 is 10.1 Å². The zero-order chi connectivity index (χ0) is 20.8. The lowest BCUT2D eigenvalue weighted by atomic mass is 10.2. The van der Waals surface area contributed by atoms with Crippen LogP contribution in [0.1, 0.15) is 21.9 Å². The van der Waals surface area contributed by atoms with Crippen molar-refractivity contribution >= 4 is 23.2 Å². The molecule has 4 rings (SSSR count). The van der Waals surface area contributed by atoms with Crippen molar-refractivity contribution in [3.8, 4) is 5.75 Å². The van der Waals surface area contributed by atoms with Crippen molar-refractivity contribution in [1.82, 2.24) is 4.90 Å². The lowest BCUT2D eigenvalue weighted by Crippen LogP contribution is -2.35. The number of benzene rings is 2. The molecule has 1 saturated heterocycles. The monoisotopic (exact) mass is 426 g/mol. The number of carbonyl (C=O) groups excluding carboxylic acids is 1. The fraction of sp³-hybridized carbons (Fsp3) is 0.261.